The van der Waals surface area contributed by atoms with Crippen LogP contribution >= 0.6 is 15.9 Å². The van der Waals surface area contributed by atoms with Crippen LogP contribution in [0.4, 0.5) is 10.1 Å². The number of nitrogens with one attached hydrogen (secondary N) is 1. The molecule has 8 heteroatoms. The van der Waals surface area contributed by atoms with Gasteiger partial charge in [0.15, 0.2) is 0 Å². The Morgan fingerprint density at radius 3 is 2.79 bits per heavy atom. The van der Waals surface area contributed by atoms with Gasteiger partial charge in [-0.25, -0.2) is 17.5 Å². The number of hydrogen-bond donors (Lipinski definition) is 2. The van der Waals surface area contributed by atoms with Gasteiger partial charge in [-0.1, -0.05) is 0 Å². The second-order valence-corrected chi connectivity index (χ2v) is 7.28. The highest BCUT2D eigenvalue weighted by Crippen LogP contribution is 2.29. The maximum Gasteiger partial charge on any atom is 0.242 e. The molecule has 1 aromatic carbocycles. The molecule has 3 N–H and O–H groups in total. The topological polar surface area (TPSA) is 81.4 Å². The van der Waals surface area contributed by atoms with Crippen LogP contribution in [0.2, 0.25) is 0 Å². The van der Waals surface area contributed by atoms with E-state index in [1.165, 1.54) is 0 Å². The Morgan fingerprint density at radius 1 is 1.53 bits per heavy atom. The molecule has 0 amide bonds. The minimum absolute atomic E-state index is 0.0838. The van der Waals surface area contributed by atoms with Gasteiger partial charge < -0.3 is 10.5 Å². The van der Waals surface area contributed by atoms with E-state index in [1.54, 1.807) is 6.92 Å². The summed E-state index contributed by atoms with van der Waals surface area (Å²) in [7, 11) is -3.80. The second-order valence-electron chi connectivity index (χ2n) is 4.77. The summed E-state index contributed by atoms with van der Waals surface area (Å²) in [6.07, 6.45) is 0.584. The van der Waals surface area contributed by atoms with E-state index in [1.807, 2.05) is 0 Å². The Kier molecular flexibility index (Phi) is 3.87. The SMILES string of the molecule is CC1(NS(=O)(=O)c2cc(N)c(F)cc2Br)CCOC1. The number of benzene rings is 1. The van der Waals surface area contributed by atoms with E-state index in [9.17, 15) is 12.8 Å². The minimum Gasteiger partial charge on any atom is -0.396 e. The summed E-state index contributed by atoms with van der Waals surface area (Å²) in [5.41, 5.74) is 4.55. The van der Waals surface area contributed by atoms with Crippen LogP contribution in [0, 0.1) is 5.82 Å². The van der Waals surface area contributed by atoms with Crippen LogP contribution in [0.5, 0.6) is 0 Å². The molecule has 0 radical (unpaired) electrons. The van der Waals surface area contributed by atoms with Gasteiger partial charge >= 0.3 is 0 Å². The Labute approximate surface area is 119 Å². The van der Waals surface area contributed by atoms with Crippen molar-refractivity contribution in [2.45, 2.75) is 23.8 Å². The summed E-state index contributed by atoms with van der Waals surface area (Å²) in [6.45, 7) is 2.57. The molecule has 106 valence electrons. The fraction of sp³-hybridized carbons (Fsp3) is 0.455. The molecule has 1 fully saturated rings. The van der Waals surface area contributed by atoms with Crippen LogP contribution in [-0.2, 0) is 14.8 Å². The fourth-order valence-electron chi connectivity index (χ4n) is 1.88. The molecule has 0 aliphatic carbocycles. The van der Waals surface area contributed by atoms with Gasteiger partial charge in [-0.05, 0) is 41.4 Å². The molecule has 1 unspecified atom stereocenters. The van der Waals surface area contributed by atoms with E-state index in [2.05, 4.69) is 20.7 Å². The van der Waals surface area contributed by atoms with Crippen LogP contribution in [0.15, 0.2) is 21.5 Å². The Balaban J connectivity index is 2.37. The zero-order valence-corrected chi connectivity index (χ0v) is 12.6. The average molecular weight is 353 g/mol. The fourth-order valence-corrected chi connectivity index (χ4v) is 4.35. The van der Waals surface area contributed by atoms with Gasteiger partial charge in [-0.15, -0.1) is 0 Å². The van der Waals surface area contributed by atoms with Crippen LogP contribution in [0.3, 0.4) is 0 Å². The lowest BCUT2D eigenvalue weighted by Gasteiger charge is -2.23. The summed E-state index contributed by atoms with van der Waals surface area (Å²) in [5, 5.41) is 0. The van der Waals surface area contributed by atoms with Crippen molar-refractivity contribution in [1.82, 2.24) is 4.72 Å². The Hall–Kier alpha value is -0.700. The molecule has 19 heavy (non-hydrogen) atoms. The van der Waals surface area contributed by atoms with Crippen molar-refractivity contribution in [3.05, 3.63) is 22.4 Å². The smallest absolute Gasteiger partial charge is 0.242 e. The third kappa shape index (κ3) is 3.07. The first-order valence-electron chi connectivity index (χ1n) is 5.60. The zero-order chi connectivity index (χ0) is 14.3. The maximum atomic E-state index is 13.2. The monoisotopic (exact) mass is 352 g/mol. The summed E-state index contributed by atoms with van der Waals surface area (Å²) >= 11 is 3.04. The number of sulfonamides is 1. The van der Waals surface area contributed by atoms with Crippen molar-refractivity contribution < 1.29 is 17.5 Å². The van der Waals surface area contributed by atoms with Crippen LogP contribution in [-0.4, -0.2) is 27.2 Å². The quantitative estimate of drug-likeness (QED) is 0.810. The molecular weight excluding hydrogens is 339 g/mol. The first-order chi connectivity index (χ1) is 8.73. The van der Waals surface area contributed by atoms with E-state index in [0.717, 1.165) is 12.1 Å². The third-order valence-electron chi connectivity index (χ3n) is 2.94. The molecule has 5 nitrogen and oxygen atoms in total. The van der Waals surface area contributed by atoms with Crippen LogP contribution in [0.1, 0.15) is 13.3 Å². The van der Waals surface area contributed by atoms with Gasteiger partial charge in [0.25, 0.3) is 0 Å². The van der Waals surface area contributed by atoms with Gasteiger partial charge in [0.2, 0.25) is 10.0 Å². The summed E-state index contributed by atoms with van der Waals surface area (Å²) in [5.74, 6) is -0.666. The predicted molar refractivity (Wildman–Crippen MR) is 72.7 cm³/mol. The maximum absolute atomic E-state index is 13.2. The highest BCUT2D eigenvalue weighted by atomic mass is 79.9. The van der Waals surface area contributed by atoms with E-state index in [0.29, 0.717) is 19.6 Å². The third-order valence-corrected chi connectivity index (χ3v) is 5.54. The van der Waals surface area contributed by atoms with E-state index >= 15 is 0 Å². The average Bonchev–Trinajstić information content (AvgIpc) is 2.68. The molecule has 0 saturated carbocycles. The van der Waals surface area contributed by atoms with Crippen molar-refractivity contribution in [2.24, 2.45) is 0 Å². The van der Waals surface area contributed by atoms with E-state index in [-0.39, 0.29) is 15.1 Å². The molecule has 1 aliphatic rings. The van der Waals surface area contributed by atoms with Gasteiger partial charge in [-0.3, -0.25) is 0 Å². The molecule has 0 spiro atoms. The van der Waals surface area contributed by atoms with Gasteiger partial charge in [0.1, 0.15) is 5.82 Å². The molecule has 1 aliphatic heterocycles. The first kappa shape index (κ1) is 14.7. The molecule has 1 atom stereocenters. The predicted octanol–water partition coefficient (Wildman–Crippen LogP) is 1.63. The first-order valence-corrected chi connectivity index (χ1v) is 7.87. The lowest BCUT2D eigenvalue weighted by Crippen LogP contribution is -2.46. The van der Waals surface area contributed by atoms with Crippen LogP contribution < -0.4 is 10.5 Å². The number of nitrogen functional groups attached to an aromatic ring is 1. The molecule has 1 saturated heterocycles. The lowest BCUT2D eigenvalue weighted by molar-refractivity contribution is 0.178. The van der Waals surface area contributed by atoms with Crippen LogP contribution in [0.25, 0.3) is 0 Å². The zero-order valence-electron chi connectivity index (χ0n) is 10.2. The summed E-state index contributed by atoms with van der Waals surface area (Å²) in [6, 6.07) is 2.14. The van der Waals surface area contributed by atoms with Crippen molar-refractivity contribution in [3.63, 3.8) is 0 Å². The van der Waals surface area contributed by atoms with Crippen molar-refractivity contribution in [3.8, 4) is 0 Å². The summed E-state index contributed by atoms with van der Waals surface area (Å²) < 4.78 is 45.7. The lowest BCUT2D eigenvalue weighted by atomic mass is 10.0. The minimum atomic E-state index is -3.80. The highest BCUT2D eigenvalue weighted by molar-refractivity contribution is 9.10. The van der Waals surface area contributed by atoms with Gasteiger partial charge in [0.05, 0.1) is 22.7 Å². The molecular formula is C11H14BrFN2O3S. The van der Waals surface area contributed by atoms with Crippen molar-refractivity contribution in [2.75, 3.05) is 18.9 Å². The number of halogens is 2. The molecule has 1 aromatic rings. The number of anilines is 1. The highest BCUT2D eigenvalue weighted by Gasteiger charge is 2.35. The number of nitrogens with two attached hydrogens (primary N) is 1. The Morgan fingerprint density at radius 2 is 2.21 bits per heavy atom. The standard InChI is InChI=1S/C11H14BrFN2O3S/c1-11(2-3-18-6-11)15-19(16,17)10-5-9(14)8(13)4-7(10)12/h4-5,15H,2-3,6,14H2,1H3. The molecule has 1 heterocycles. The van der Waals surface area contributed by atoms with Crippen molar-refractivity contribution >= 4 is 31.6 Å². The van der Waals surface area contributed by atoms with E-state index < -0.39 is 21.4 Å². The molecule has 0 aromatic heterocycles. The summed E-state index contributed by atoms with van der Waals surface area (Å²) in [4.78, 5) is -0.0838. The molecule has 2 rings (SSSR count). The normalized spacial score (nSPS) is 23.7. The number of ether oxygens (including phenoxy) is 1. The van der Waals surface area contributed by atoms with Crippen molar-refractivity contribution in [1.29, 1.82) is 0 Å². The number of rotatable bonds is 3. The van der Waals surface area contributed by atoms with Gasteiger partial charge in [-0.2, -0.15) is 0 Å². The largest absolute Gasteiger partial charge is 0.396 e. The van der Waals surface area contributed by atoms with Gasteiger partial charge in [0, 0.05) is 11.1 Å². The second kappa shape index (κ2) is 5.01. The Bertz CT molecular complexity index is 600. The number of hydrogen-bond acceptors (Lipinski definition) is 4. The molecule has 0 bridgehead atoms. The van der Waals surface area contributed by atoms with E-state index in [4.69, 9.17) is 10.5 Å².